The molecule has 0 unspecified atom stereocenters. The van der Waals surface area contributed by atoms with Crippen molar-refractivity contribution in [1.29, 1.82) is 0 Å². The third-order valence-corrected chi connectivity index (χ3v) is 13.5. The Kier molecular flexibility index (Phi) is 8.01. The maximum Gasteiger partial charge on any atom is 0.164 e. The van der Waals surface area contributed by atoms with E-state index < -0.39 is 0 Å². The van der Waals surface area contributed by atoms with E-state index in [2.05, 4.69) is 185 Å². The third-order valence-electron chi connectivity index (χ3n) is 12.4. The fraction of sp³-hybridized carbons (Fsp3) is 0. The Morgan fingerprint density at radius 2 is 0.873 bits per heavy atom. The van der Waals surface area contributed by atoms with Crippen molar-refractivity contribution in [1.82, 2.24) is 24.1 Å². The number of para-hydroxylation sites is 2. The number of benzene rings is 9. The summed E-state index contributed by atoms with van der Waals surface area (Å²) in [5.74, 6) is 1.91. The van der Waals surface area contributed by atoms with Crippen molar-refractivity contribution in [2.24, 2.45) is 0 Å². The molecule has 13 rings (SSSR count). The van der Waals surface area contributed by atoms with Crippen molar-refractivity contribution in [3.63, 3.8) is 0 Å². The van der Waals surface area contributed by atoms with Gasteiger partial charge in [0.15, 0.2) is 17.5 Å². The third kappa shape index (κ3) is 5.66. The number of fused-ring (bicyclic) bond motifs is 10. The topological polar surface area (TPSA) is 48.5 Å². The molecule has 0 bridgehead atoms. The summed E-state index contributed by atoms with van der Waals surface area (Å²) in [6.07, 6.45) is 0. The fourth-order valence-corrected chi connectivity index (χ4v) is 10.7. The van der Waals surface area contributed by atoms with Crippen LogP contribution in [0.15, 0.2) is 212 Å². The van der Waals surface area contributed by atoms with Crippen molar-refractivity contribution < 1.29 is 0 Å². The van der Waals surface area contributed by atoms with Crippen molar-refractivity contribution >= 4 is 75.1 Å². The summed E-state index contributed by atoms with van der Waals surface area (Å²) in [6, 6.07) is 75.6. The molecule has 63 heavy (non-hydrogen) atoms. The van der Waals surface area contributed by atoms with Crippen LogP contribution in [0.5, 0.6) is 0 Å². The average molecular weight is 822 g/mol. The summed E-state index contributed by atoms with van der Waals surface area (Å²) in [7, 11) is 0. The Morgan fingerprint density at radius 3 is 1.59 bits per heavy atom. The molecule has 0 atom stereocenters. The summed E-state index contributed by atoms with van der Waals surface area (Å²) >= 11 is 1.86. The number of nitrogens with zero attached hydrogens (tertiary/aromatic N) is 5. The summed E-state index contributed by atoms with van der Waals surface area (Å²) in [6.45, 7) is 0. The van der Waals surface area contributed by atoms with Gasteiger partial charge in [-0.1, -0.05) is 158 Å². The van der Waals surface area contributed by atoms with E-state index in [0.29, 0.717) is 17.5 Å². The molecule has 0 spiro atoms. The standard InChI is InChI=1S/C57H35N5S/c1-5-16-36(17-6-1)39-29-32-47-45(34-39)42-24-13-14-25-46(42)62(47)48-26-15-27-50-52(48)53-51(63-50)33-31-44-43-30-28-40(35-49(43)61(54(44)53)41-22-11-4-12-23-41)57-59-55(37-18-7-2-8-19-37)58-56(60-57)38-20-9-3-10-21-38/h1-35H. The molecule has 4 aromatic heterocycles. The smallest absolute Gasteiger partial charge is 0.164 e. The van der Waals surface area contributed by atoms with Gasteiger partial charge >= 0.3 is 0 Å². The molecule has 0 aliphatic rings. The van der Waals surface area contributed by atoms with Crippen LogP contribution in [0.25, 0.3) is 120 Å². The van der Waals surface area contributed by atoms with E-state index in [0.717, 1.165) is 27.9 Å². The number of rotatable bonds is 6. The van der Waals surface area contributed by atoms with Gasteiger partial charge in [0.05, 0.1) is 27.8 Å². The Balaban J connectivity index is 1.10. The lowest BCUT2D eigenvalue weighted by Crippen LogP contribution is -2.00. The molecule has 0 aliphatic heterocycles. The second kappa shape index (κ2) is 14.2. The van der Waals surface area contributed by atoms with Gasteiger partial charge in [-0.3, -0.25) is 0 Å². The van der Waals surface area contributed by atoms with Crippen LogP contribution in [0.1, 0.15) is 0 Å². The average Bonchev–Trinajstić information content (AvgIpc) is 4.02. The molecule has 0 radical (unpaired) electrons. The Labute approximate surface area is 366 Å². The second-order valence-electron chi connectivity index (χ2n) is 16.0. The molecule has 294 valence electrons. The SMILES string of the molecule is c1ccc(-c2ccc3c(c2)c2ccccc2n3-c2cccc3sc4ccc5c6ccc(-c7nc(-c8ccccc8)nc(-c8ccccc8)n7)cc6n(-c6ccccc6)c5c4c23)cc1. The van der Waals surface area contributed by atoms with Gasteiger partial charge in [-0.05, 0) is 65.7 Å². The van der Waals surface area contributed by atoms with E-state index in [-0.39, 0.29) is 0 Å². The van der Waals surface area contributed by atoms with E-state index in [1.54, 1.807) is 0 Å². The van der Waals surface area contributed by atoms with Crippen LogP contribution >= 0.6 is 11.3 Å². The summed E-state index contributed by atoms with van der Waals surface area (Å²) < 4.78 is 7.43. The molecule has 0 saturated heterocycles. The lowest BCUT2D eigenvalue weighted by molar-refractivity contribution is 1.07. The first-order valence-electron chi connectivity index (χ1n) is 21.2. The van der Waals surface area contributed by atoms with Crippen LogP contribution < -0.4 is 0 Å². The monoisotopic (exact) mass is 821 g/mol. The number of hydrogen-bond donors (Lipinski definition) is 0. The quantitative estimate of drug-likeness (QED) is 0.168. The zero-order valence-electron chi connectivity index (χ0n) is 33.9. The highest BCUT2D eigenvalue weighted by molar-refractivity contribution is 7.26. The first-order valence-corrected chi connectivity index (χ1v) is 22.0. The number of thiophene rings is 1. The molecule has 0 aliphatic carbocycles. The lowest BCUT2D eigenvalue weighted by Gasteiger charge is -2.13. The van der Waals surface area contributed by atoms with E-state index in [9.17, 15) is 0 Å². The maximum atomic E-state index is 5.12. The van der Waals surface area contributed by atoms with Gasteiger partial charge in [0.1, 0.15) is 0 Å². The molecule has 0 saturated carbocycles. The highest BCUT2D eigenvalue weighted by Crippen LogP contribution is 2.47. The van der Waals surface area contributed by atoms with Gasteiger partial charge in [0, 0.05) is 64.1 Å². The van der Waals surface area contributed by atoms with Crippen LogP contribution in [0.2, 0.25) is 0 Å². The zero-order valence-corrected chi connectivity index (χ0v) is 34.7. The lowest BCUT2D eigenvalue weighted by atomic mass is 10.0. The molecule has 0 N–H and O–H groups in total. The molecular formula is C57H35N5S. The highest BCUT2D eigenvalue weighted by Gasteiger charge is 2.23. The van der Waals surface area contributed by atoms with E-state index in [4.69, 9.17) is 15.0 Å². The molecule has 4 heterocycles. The van der Waals surface area contributed by atoms with Gasteiger partial charge in [0.2, 0.25) is 0 Å². The minimum atomic E-state index is 0.629. The normalized spacial score (nSPS) is 11.8. The summed E-state index contributed by atoms with van der Waals surface area (Å²) in [4.78, 5) is 15.2. The minimum absolute atomic E-state index is 0.629. The molecule has 9 aromatic carbocycles. The van der Waals surface area contributed by atoms with Gasteiger partial charge in [-0.2, -0.15) is 0 Å². The van der Waals surface area contributed by atoms with Crippen LogP contribution in [-0.4, -0.2) is 24.1 Å². The molecule has 0 amide bonds. The summed E-state index contributed by atoms with van der Waals surface area (Å²) in [5.41, 5.74) is 12.1. The predicted molar refractivity (Wildman–Crippen MR) is 263 cm³/mol. The van der Waals surface area contributed by atoms with Gasteiger partial charge in [-0.15, -0.1) is 11.3 Å². The molecule has 13 aromatic rings. The van der Waals surface area contributed by atoms with Crippen molar-refractivity contribution in [3.05, 3.63) is 212 Å². The Bertz CT molecular complexity index is 3830. The van der Waals surface area contributed by atoms with Crippen molar-refractivity contribution in [2.75, 3.05) is 0 Å². The van der Waals surface area contributed by atoms with E-state index in [1.165, 1.54) is 75.1 Å². The van der Waals surface area contributed by atoms with Crippen molar-refractivity contribution in [2.45, 2.75) is 0 Å². The Hall–Kier alpha value is -8.19. The number of hydrogen-bond acceptors (Lipinski definition) is 4. The van der Waals surface area contributed by atoms with Gasteiger partial charge < -0.3 is 9.13 Å². The van der Waals surface area contributed by atoms with Gasteiger partial charge in [-0.25, -0.2) is 15.0 Å². The first kappa shape index (κ1) is 35.6. The first-order chi connectivity index (χ1) is 31.2. The van der Waals surface area contributed by atoms with Gasteiger partial charge in [0.25, 0.3) is 0 Å². The van der Waals surface area contributed by atoms with Crippen LogP contribution in [0, 0.1) is 0 Å². The predicted octanol–water partition coefficient (Wildman–Crippen LogP) is 15.1. The van der Waals surface area contributed by atoms with Crippen molar-refractivity contribution in [3.8, 4) is 56.7 Å². The molecule has 0 fully saturated rings. The minimum Gasteiger partial charge on any atom is -0.309 e. The largest absolute Gasteiger partial charge is 0.309 e. The van der Waals surface area contributed by atoms with E-state index >= 15 is 0 Å². The van der Waals surface area contributed by atoms with Crippen LogP contribution in [-0.2, 0) is 0 Å². The maximum absolute atomic E-state index is 5.12. The van der Waals surface area contributed by atoms with Crippen LogP contribution in [0.3, 0.4) is 0 Å². The molecular weight excluding hydrogens is 787 g/mol. The van der Waals surface area contributed by atoms with Crippen LogP contribution in [0.4, 0.5) is 0 Å². The molecule has 5 nitrogen and oxygen atoms in total. The molecule has 6 heteroatoms. The number of aromatic nitrogens is 5. The van der Waals surface area contributed by atoms with E-state index in [1.807, 2.05) is 47.7 Å². The Morgan fingerprint density at radius 1 is 0.317 bits per heavy atom. The zero-order chi connectivity index (χ0) is 41.4. The second-order valence-corrected chi connectivity index (χ2v) is 17.1. The summed E-state index contributed by atoms with van der Waals surface area (Å²) in [5, 5.41) is 7.33. The fourth-order valence-electron chi connectivity index (χ4n) is 9.54. The highest BCUT2D eigenvalue weighted by atomic mass is 32.1.